The van der Waals surface area contributed by atoms with E-state index in [4.69, 9.17) is 24.4 Å². The van der Waals surface area contributed by atoms with E-state index in [1.54, 1.807) is 7.05 Å². The summed E-state index contributed by atoms with van der Waals surface area (Å²) in [4.78, 5) is 0. The molecule has 4 aromatic carbocycles. The van der Waals surface area contributed by atoms with Gasteiger partial charge < -0.3 is 10.6 Å². The molecular weight excluding hydrogens is 631 g/mol. The fourth-order valence-corrected chi connectivity index (χ4v) is 8.73. The molecule has 0 aromatic heterocycles. The lowest BCUT2D eigenvalue weighted by Crippen LogP contribution is -2.42. The Morgan fingerprint density at radius 3 is 1.61 bits per heavy atom. The van der Waals surface area contributed by atoms with E-state index in [0.717, 1.165) is 10.0 Å². The van der Waals surface area contributed by atoms with Crippen LogP contribution in [0.25, 0.3) is 0 Å². The fraction of sp³-hybridized carbons (Fsp3) is 0.0968. The van der Waals surface area contributed by atoms with E-state index in [1.807, 2.05) is 49.4 Å². The smallest absolute Gasteiger partial charge is 0.189 e. The minimum Gasteiger partial charge on any atom is -0.364 e. The van der Waals surface area contributed by atoms with Crippen LogP contribution in [0.4, 0.5) is 0 Å². The highest BCUT2D eigenvalue weighted by Gasteiger charge is 2.45. The third kappa shape index (κ3) is 7.83. The molecule has 10 heteroatoms. The van der Waals surface area contributed by atoms with Gasteiger partial charge >= 0.3 is 0 Å². The molecule has 0 heterocycles. The Labute approximate surface area is 261 Å². The van der Waals surface area contributed by atoms with Crippen LogP contribution >= 0.6 is 47.6 Å². The topological polar surface area (TPSA) is 72.8 Å². The SMILES string of the molecule is CNC(=S)N/N=C(/C(C)=N/NC(=S)NC[P+](c1ccccc1)(c1ccccc1)c1ccccc1)c1ccc(Br)cc1. The van der Waals surface area contributed by atoms with Gasteiger partial charge in [-0.05, 0) is 79.9 Å². The molecule has 4 aromatic rings. The average molecular weight is 663 g/mol. The molecule has 0 radical (unpaired) electrons. The molecule has 0 saturated carbocycles. The molecule has 4 rings (SSSR count). The highest BCUT2D eigenvalue weighted by Crippen LogP contribution is 2.54. The van der Waals surface area contributed by atoms with Gasteiger partial charge in [-0.1, -0.05) is 82.7 Å². The summed E-state index contributed by atoms with van der Waals surface area (Å²) < 4.78 is 0.972. The van der Waals surface area contributed by atoms with Gasteiger partial charge in [0, 0.05) is 17.1 Å². The number of nitrogens with one attached hydrogen (secondary N) is 4. The second-order valence-electron chi connectivity index (χ2n) is 8.95. The Balaban J connectivity index is 1.61. The summed E-state index contributed by atoms with van der Waals surface area (Å²) in [6.07, 6.45) is 0.622. The molecule has 41 heavy (non-hydrogen) atoms. The number of benzene rings is 4. The first-order chi connectivity index (χ1) is 19.9. The first kappa shape index (κ1) is 30.5. The van der Waals surface area contributed by atoms with E-state index in [2.05, 4.69) is 120 Å². The Morgan fingerprint density at radius 1 is 0.683 bits per heavy atom. The molecule has 0 spiro atoms. The van der Waals surface area contributed by atoms with Crippen LogP contribution in [0.1, 0.15) is 12.5 Å². The van der Waals surface area contributed by atoms with Crippen molar-refractivity contribution >= 4 is 85.2 Å². The van der Waals surface area contributed by atoms with Crippen LogP contribution in [-0.2, 0) is 0 Å². The van der Waals surface area contributed by atoms with Crippen molar-refractivity contribution in [3.8, 4) is 0 Å². The first-order valence-electron chi connectivity index (χ1n) is 12.9. The third-order valence-corrected chi connectivity index (χ3v) is 11.6. The van der Waals surface area contributed by atoms with Gasteiger partial charge in [-0.25, -0.2) is 0 Å². The molecule has 0 atom stereocenters. The Bertz CT molecular complexity index is 1420. The number of hydrazone groups is 2. The molecule has 208 valence electrons. The lowest BCUT2D eigenvalue weighted by molar-refractivity contribution is 0.957. The molecule has 0 unspecified atom stereocenters. The number of thiocarbonyl (C=S) groups is 2. The van der Waals surface area contributed by atoms with E-state index in [0.29, 0.717) is 27.9 Å². The van der Waals surface area contributed by atoms with Crippen molar-refractivity contribution in [2.75, 3.05) is 13.3 Å². The van der Waals surface area contributed by atoms with Crippen LogP contribution < -0.4 is 37.4 Å². The maximum atomic E-state index is 5.73. The zero-order valence-electron chi connectivity index (χ0n) is 22.7. The highest BCUT2D eigenvalue weighted by molar-refractivity contribution is 9.10. The maximum absolute atomic E-state index is 5.73. The molecule has 0 bridgehead atoms. The summed E-state index contributed by atoms with van der Waals surface area (Å²) in [6.45, 7) is 1.87. The molecule has 0 amide bonds. The first-order valence-corrected chi connectivity index (χ1v) is 16.5. The summed E-state index contributed by atoms with van der Waals surface area (Å²) in [5.41, 5.74) is 8.04. The molecule has 0 aliphatic carbocycles. The zero-order chi connectivity index (χ0) is 29.1. The lowest BCUT2D eigenvalue weighted by atomic mass is 10.1. The van der Waals surface area contributed by atoms with E-state index in [1.165, 1.54) is 15.9 Å². The van der Waals surface area contributed by atoms with Gasteiger partial charge in [0.15, 0.2) is 10.2 Å². The standard InChI is InChI=1S/C31H30BrN6PS2/c1-23(29(36-37-30(40)33-2)24-18-20-25(32)21-19-24)35-38-31(41)34-22-39(26-12-6-3-7-13-26,27-14-8-4-9-15-27)28-16-10-5-11-17-28/h3-21H,22H2,1-2H3,(H3-,33,34,35,36,37,38,40,41)/p+1. The van der Waals surface area contributed by atoms with Crippen molar-refractivity contribution < 1.29 is 0 Å². The van der Waals surface area contributed by atoms with Gasteiger partial charge in [0.05, 0.1) is 5.71 Å². The Kier molecular flexibility index (Phi) is 11.1. The van der Waals surface area contributed by atoms with Gasteiger partial charge in [-0.15, -0.1) is 0 Å². The maximum Gasteiger partial charge on any atom is 0.189 e. The number of hydrogen-bond acceptors (Lipinski definition) is 4. The van der Waals surface area contributed by atoms with Crippen LogP contribution in [0.15, 0.2) is 130 Å². The van der Waals surface area contributed by atoms with Crippen molar-refractivity contribution in [1.82, 2.24) is 21.5 Å². The quantitative estimate of drug-likeness (QED) is 0.0873. The normalized spacial score (nSPS) is 11.9. The molecular formula is C31H31BrN6PS2+. The predicted octanol–water partition coefficient (Wildman–Crippen LogP) is 5.04. The Hall–Kier alpha value is -3.49. The molecule has 6 nitrogen and oxygen atoms in total. The van der Waals surface area contributed by atoms with E-state index in [-0.39, 0.29) is 0 Å². The van der Waals surface area contributed by atoms with Gasteiger partial charge in [-0.2, -0.15) is 10.2 Å². The summed E-state index contributed by atoms with van der Waals surface area (Å²) in [5, 5.41) is 20.1. The molecule has 4 N–H and O–H groups in total. The van der Waals surface area contributed by atoms with Crippen molar-refractivity contribution in [2.24, 2.45) is 10.2 Å². The summed E-state index contributed by atoms with van der Waals surface area (Å²) in [5.74, 6) is 0. The van der Waals surface area contributed by atoms with Crippen LogP contribution in [0.2, 0.25) is 0 Å². The largest absolute Gasteiger partial charge is 0.364 e. The third-order valence-electron chi connectivity index (χ3n) is 6.35. The summed E-state index contributed by atoms with van der Waals surface area (Å²) >= 11 is 14.4. The minimum atomic E-state index is -2.10. The van der Waals surface area contributed by atoms with Crippen LogP contribution in [0.5, 0.6) is 0 Å². The fourth-order valence-electron chi connectivity index (χ4n) is 4.31. The number of hydrogen-bond donors (Lipinski definition) is 4. The van der Waals surface area contributed by atoms with Crippen LogP contribution in [0, 0.1) is 0 Å². The van der Waals surface area contributed by atoms with Gasteiger partial charge in [0.25, 0.3) is 0 Å². The predicted molar refractivity (Wildman–Crippen MR) is 187 cm³/mol. The second kappa shape index (κ2) is 14.9. The monoisotopic (exact) mass is 661 g/mol. The number of rotatable bonds is 9. The molecule has 0 saturated heterocycles. The van der Waals surface area contributed by atoms with Crippen molar-refractivity contribution in [3.63, 3.8) is 0 Å². The van der Waals surface area contributed by atoms with Crippen molar-refractivity contribution in [1.29, 1.82) is 0 Å². The highest BCUT2D eigenvalue weighted by atomic mass is 79.9. The second-order valence-corrected chi connectivity index (χ2v) is 14.2. The van der Waals surface area contributed by atoms with E-state index < -0.39 is 7.26 Å². The zero-order valence-corrected chi connectivity index (χ0v) is 26.8. The van der Waals surface area contributed by atoms with Gasteiger partial charge in [0.1, 0.15) is 35.2 Å². The molecule has 0 fully saturated rings. The molecule has 0 aliphatic rings. The van der Waals surface area contributed by atoms with Crippen molar-refractivity contribution in [3.05, 3.63) is 125 Å². The van der Waals surface area contributed by atoms with Crippen LogP contribution in [-0.4, -0.2) is 35.0 Å². The average Bonchev–Trinajstić information content (AvgIpc) is 3.02. The number of nitrogens with zero attached hydrogens (tertiary/aromatic N) is 2. The summed E-state index contributed by atoms with van der Waals surface area (Å²) in [6, 6.07) is 39.8. The molecule has 0 aliphatic heterocycles. The van der Waals surface area contributed by atoms with E-state index in [9.17, 15) is 0 Å². The lowest BCUT2D eigenvalue weighted by Gasteiger charge is -2.28. The van der Waals surface area contributed by atoms with Gasteiger partial charge in [0.2, 0.25) is 0 Å². The van der Waals surface area contributed by atoms with Crippen molar-refractivity contribution in [2.45, 2.75) is 6.92 Å². The van der Waals surface area contributed by atoms with Crippen LogP contribution in [0.3, 0.4) is 0 Å². The van der Waals surface area contributed by atoms with E-state index >= 15 is 0 Å². The van der Waals surface area contributed by atoms with Gasteiger partial charge in [-0.3, -0.25) is 10.9 Å². The minimum absolute atomic E-state index is 0.403. The Morgan fingerprint density at radius 2 is 1.15 bits per heavy atom. The number of halogens is 1. The summed E-state index contributed by atoms with van der Waals surface area (Å²) in [7, 11) is -0.362.